The van der Waals surface area contributed by atoms with Crippen LogP contribution in [-0.4, -0.2) is 26.2 Å². The van der Waals surface area contributed by atoms with Crippen LogP contribution in [-0.2, 0) is 9.53 Å². The predicted molar refractivity (Wildman–Crippen MR) is 77.2 cm³/mol. The maximum Gasteiger partial charge on any atom is 0.305 e. The monoisotopic (exact) mass is 262 g/mol. The van der Waals surface area contributed by atoms with Crippen LogP contribution in [0, 0.1) is 12.8 Å². The molecule has 1 saturated heterocycles. The van der Waals surface area contributed by atoms with Gasteiger partial charge in [-0.15, -0.1) is 0 Å². The molecule has 0 aliphatic carbocycles. The SMILES string of the molecule is COC(=O)CC1CCN(c2ccc(N)c(C)c2)CC1. The summed E-state index contributed by atoms with van der Waals surface area (Å²) in [5.74, 6) is 0.361. The zero-order chi connectivity index (χ0) is 13.8. The van der Waals surface area contributed by atoms with Crippen molar-refractivity contribution in [3.63, 3.8) is 0 Å². The number of anilines is 2. The molecule has 0 unspecified atom stereocenters. The van der Waals surface area contributed by atoms with E-state index in [1.807, 2.05) is 13.0 Å². The summed E-state index contributed by atoms with van der Waals surface area (Å²) in [4.78, 5) is 13.6. The number of nitrogens with two attached hydrogens (primary N) is 1. The van der Waals surface area contributed by atoms with Gasteiger partial charge in [-0.3, -0.25) is 4.79 Å². The molecular weight excluding hydrogens is 240 g/mol. The molecule has 1 aromatic carbocycles. The number of hydrogen-bond donors (Lipinski definition) is 1. The van der Waals surface area contributed by atoms with Crippen molar-refractivity contribution in [3.8, 4) is 0 Å². The molecule has 0 aromatic heterocycles. The number of piperidine rings is 1. The summed E-state index contributed by atoms with van der Waals surface area (Å²) in [6, 6.07) is 6.17. The van der Waals surface area contributed by atoms with Crippen LogP contribution in [0.4, 0.5) is 11.4 Å². The molecule has 4 nitrogen and oxygen atoms in total. The normalized spacial score (nSPS) is 16.4. The summed E-state index contributed by atoms with van der Waals surface area (Å²) in [5.41, 5.74) is 9.02. The Morgan fingerprint density at radius 2 is 2.11 bits per heavy atom. The van der Waals surface area contributed by atoms with Crippen molar-refractivity contribution in [1.82, 2.24) is 0 Å². The third-order valence-corrected chi connectivity index (χ3v) is 3.92. The summed E-state index contributed by atoms with van der Waals surface area (Å²) in [7, 11) is 1.45. The number of esters is 1. The largest absolute Gasteiger partial charge is 0.469 e. The smallest absolute Gasteiger partial charge is 0.305 e. The summed E-state index contributed by atoms with van der Waals surface area (Å²) < 4.78 is 4.73. The van der Waals surface area contributed by atoms with Gasteiger partial charge in [-0.05, 0) is 49.4 Å². The minimum absolute atomic E-state index is 0.0956. The van der Waals surface area contributed by atoms with Gasteiger partial charge in [0.05, 0.1) is 7.11 Å². The molecule has 0 bridgehead atoms. The Morgan fingerprint density at radius 3 is 2.68 bits per heavy atom. The van der Waals surface area contributed by atoms with E-state index in [4.69, 9.17) is 10.5 Å². The van der Waals surface area contributed by atoms with Crippen LogP contribution in [0.3, 0.4) is 0 Å². The highest BCUT2D eigenvalue weighted by Gasteiger charge is 2.22. The average molecular weight is 262 g/mol. The Labute approximate surface area is 114 Å². The molecule has 1 aromatic rings. The number of rotatable bonds is 3. The molecule has 4 heteroatoms. The molecule has 0 amide bonds. The first-order valence-electron chi connectivity index (χ1n) is 6.78. The van der Waals surface area contributed by atoms with Crippen LogP contribution in [0.25, 0.3) is 0 Å². The van der Waals surface area contributed by atoms with E-state index >= 15 is 0 Å². The second-order valence-electron chi connectivity index (χ2n) is 5.25. The van der Waals surface area contributed by atoms with E-state index in [-0.39, 0.29) is 5.97 Å². The van der Waals surface area contributed by atoms with Crippen LogP contribution in [0.5, 0.6) is 0 Å². The molecule has 2 N–H and O–H groups in total. The Kier molecular flexibility index (Phi) is 4.30. The molecule has 1 heterocycles. The van der Waals surface area contributed by atoms with E-state index in [0.717, 1.165) is 37.2 Å². The maximum absolute atomic E-state index is 11.3. The lowest BCUT2D eigenvalue weighted by Crippen LogP contribution is -2.34. The molecule has 0 spiro atoms. The molecule has 19 heavy (non-hydrogen) atoms. The number of carbonyl (C=O) groups excluding carboxylic acids is 1. The van der Waals surface area contributed by atoms with Crippen molar-refractivity contribution in [2.45, 2.75) is 26.2 Å². The molecular formula is C15H22N2O2. The minimum atomic E-state index is -0.0956. The second-order valence-corrected chi connectivity index (χ2v) is 5.25. The first kappa shape index (κ1) is 13.7. The van der Waals surface area contributed by atoms with Gasteiger partial charge in [-0.25, -0.2) is 0 Å². The van der Waals surface area contributed by atoms with Crippen LogP contribution in [0.1, 0.15) is 24.8 Å². The number of nitrogen functional groups attached to an aromatic ring is 1. The van der Waals surface area contributed by atoms with Crippen LogP contribution in [0.2, 0.25) is 0 Å². The van der Waals surface area contributed by atoms with Crippen LogP contribution in [0.15, 0.2) is 18.2 Å². The number of benzene rings is 1. The summed E-state index contributed by atoms with van der Waals surface area (Å²) in [5, 5.41) is 0. The topological polar surface area (TPSA) is 55.6 Å². The Bertz CT molecular complexity index is 451. The van der Waals surface area contributed by atoms with Crippen molar-refractivity contribution >= 4 is 17.3 Å². The van der Waals surface area contributed by atoms with Gasteiger partial charge in [-0.2, -0.15) is 0 Å². The maximum atomic E-state index is 11.3. The van der Waals surface area contributed by atoms with Gasteiger partial charge < -0.3 is 15.4 Å². The summed E-state index contributed by atoms with van der Waals surface area (Å²) in [6.07, 6.45) is 2.63. The number of ether oxygens (including phenoxy) is 1. The molecule has 0 saturated carbocycles. The molecule has 1 aliphatic heterocycles. The van der Waals surface area contributed by atoms with Gasteiger partial charge in [0.15, 0.2) is 0 Å². The molecule has 104 valence electrons. The number of carbonyl (C=O) groups is 1. The van der Waals surface area contributed by atoms with E-state index in [0.29, 0.717) is 12.3 Å². The van der Waals surface area contributed by atoms with Gasteiger partial charge >= 0.3 is 5.97 Å². The lowest BCUT2D eigenvalue weighted by atomic mass is 9.93. The number of hydrogen-bond acceptors (Lipinski definition) is 4. The molecule has 0 atom stereocenters. The minimum Gasteiger partial charge on any atom is -0.469 e. The molecule has 0 radical (unpaired) electrons. The lowest BCUT2D eigenvalue weighted by Gasteiger charge is -2.33. The van der Waals surface area contributed by atoms with Crippen LogP contribution >= 0.6 is 0 Å². The van der Waals surface area contributed by atoms with Crippen molar-refractivity contribution < 1.29 is 9.53 Å². The average Bonchev–Trinajstić information content (AvgIpc) is 2.42. The second kappa shape index (κ2) is 5.95. The van der Waals surface area contributed by atoms with E-state index < -0.39 is 0 Å². The predicted octanol–water partition coefficient (Wildman–Crippen LogP) is 2.36. The van der Waals surface area contributed by atoms with Crippen molar-refractivity contribution in [2.24, 2.45) is 5.92 Å². The number of methoxy groups -OCH3 is 1. The first-order valence-corrected chi connectivity index (χ1v) is 6.78. The van der Waals surface area contributed by atoms with E-state index in [2.05, 4.69) is 17.0 Å². The van der Waals surface area contributed by atoms with Gasteiger partial charge in [0, 0.05) is 30.9 Å². The van der Waals surface area contributed by atoms with E-state index in [1.54, 1.807) is 0 Å². The fourth-order valence-electron chi connectivity index (χ4n) is 2.57. The molecule has 1 aliphatic rings. The summed E-state index contributed by atoms with van der Waals surface area (Å²) >= 11 is 0. The zero-order valence-electron chi connectivity index (χ0n) is 11.7. The number of nitrogens with zero attached hydrogens (tertiary/aromatic N) is 1. The fraction of sp³-hybridized carbons (Fsp3) is 0.533. The molecule has 2 rings (SSSR count). The van der Waals surface area contributed by atoms with Gasteiger partial charge in [0.25, 0.3) is 0 Å². The summed E-state index contributed by atoms with van der Waals surface area (Å²) in [6.45, 7) is 4.01. The van der Waals surface area contributed by atoms with Gasteiger partial charge in [0.1, 0.15) is 0 Å². The van der Waals surface area contributed by atoms with Gasteiger partial charge in [0.2, 0.25) is 0 Å². The van der Waals surface area contributed by atoms with Gasteiger partial charge in [-0.1, -0.05) is 0 Å². The zero-order valence-corrected chi connectivity index (χ0v) is 11.7. The Balaban J connectivity index is 1.92. The fourth-order valence-corrected chi connectivity index (χ4v) is 2.57. The standard InChI is InChI=1S/C15H22N2O2/c1-11-9-13(3-4-14(11)16)17-7-5-12(6-8-17)10-15(18)19-2/h3-4,9,12H,5-8,10,16H2,1-2H3. The highest BCUT2D eigenvalue weighted by atomic mass is 16.5. The number of aryl methyl sites for hydroxylation is 1. The first-order chi connectivity index (χ1) is 9.10. The van der Waals surface area contributed by atoms with Crippen molar-refractivity contribution in [1.29, 1.82) is 0 Å². The quantitative estimate of drug-likeness (QED) is 0.671. The Hall–Kier alpha value is -1.71. The van der Waals surface area contributed by atoms with E-state index in [9.17, 15) is 4.79 Å². The van der Waals surface area contributed by atoms with Crippen molar-refractivity contribution in [3.05, 3.63) is 23.8 Å². The van der Waals surface area contributed by atoms with E-state index in [1.165, 1.54) is 12.8 Å². The lowest BCUT2D eigenvalue weighted by molar-refractivity contribution is -0.141. The Morgan fingerprint density at radius 1 is 1.42 bits per heavy atom. The van der Waals surface area contributed by atoms with Crippen LogP contribution < -0.4 is 10.6 Å². The molecule has 1 fully saturated rings. The van der Waals surface area contributed by atoms with Crippen molar-refractivity contribution in [2.75, 3.05) is 30.8 Å². The third kappa shape index (κ3) is 3.40. The highest BCUT2D eigenvalue weighted by molar-refractivity contribution is 5.69. The third-order valence-electron chi connectivity index (χ3n) is 3.92. The highest BCUT2D eigenvalue weighted by Crippen LogP contribution is 2.27.